The van der Waals surface area contributed by atoms with Crippen LogP contribution >= 0.6 is 0 Å². The van der Waals surface area contributed by atoms with Crippen molar-refractivity contribution in [1.29, 1.82) is 0 Å². The number of nitrogens with two attached hydrogens (primary N) is 1. The lowest BCUT2D eigenvalue weighted by atomic mass is 10.1. The second-order valence-electron chi connectivity index (χ2n) is 5.56. The van der Waals surface area contributed by atoms with Gasteiger partial charge in [0.1, 0.15) is 5.56 Å². The zero-order valence-electron chi connectivity index (χ0n) is 14.0. The number of anilines is 2. The molecule has 132 valence electrons. The fraction of sp³-hybridized carbons (Fsp3) is 0.105. The zero-order chi connectivity index (χ0) is 18.5. The van der Waals surface area contributed by atoms with E-state index in [0.717, 1.165) is 0 Å². The van der Waals surface area contributed by atoms with Crippen LogP contribution in [0.25, 0.3) is 0 Å². The monoisotopic (exact) mass is 351 g/mol. The number of nitrogens with one attached hydrogen (secondary N) is 1. The summed E-state index contributed by atoms with van der Waals surface area (Å²) < 4.78 is 10.2. The minimum Gasteiger partial charge on any atom is -0.443 e. The van der Waals surface area contributed by atoms with Crippen LogP contribution in [0.2, 0.25) is 0 Å². The maximum Gasteiger partial charge on any atom is 0.346 e. The Bertz CT molecular complexity index is 888. The van der Waals surface area contributed by atoms with Crippen molar-refractivity contribution in [2.45, 2.75) is 13.0 Å². The van der Waals surface area contributed by atoms with E-state index >= 15 is 0 Å². The minimum absolute atomic E-state index is 0.0124. The fourth-order valence-corrected chi connectivity index (χ4v) is 2.43. The number of hydrogen-bond donors (Lipinski definition) is 2. The maximum absolute atomic E-state index is 12.7. The number of carbonyl (C=O) groups excluding carboxylic acids is 2. The van der Waals surface area contributed by atoms with Crippen LogP contribution in [0.3, 0.4) is 0 Å². The first-order chi connectivity index (χ1) is 12.6. The number of nitrogens with zero attached hydrogens (tertiary/aromatic N) is 1. The molecule has 0 aliphatic rings. The van der Waals surface area contributed by atoms with Crippen LogP contribution in [-0.4, -0.2) is 17.0 Å². The molecular formula is C19H17N3O4. The molecule has 0 bridgehead atoms. The van der Waals surface area contributed by atoms with Gasteiger partial charge in [-0.2, -0.15) is 0 Å². The number of aromatic nitrogens is 1. The standard InChI is InChI=1S/C19H17N3O4/c1-12-15(17(20)26-22-12)19(24)25-16(13-8-4-2-5-9-13)18(23)21-14-10-6-3-7-11-14/h2-11,16H,20H2,1H3,(H,21,23). The van der Waals surface area contributed by atoms with Crippen molar-refractivity contribution in [3.05, 3.63) is 77.5 Å². The molecular weight excluding hydrogens is 334 g/mol. The molecule has 1 atom stereocenters. The van der Waals surface area contributed by atoms with Gasteiger partial charge in [0.2, 0.25) is 12.0 Å². The van der Waals surface area contributed by atoms with E-state index in [1.165, 1.54) is 0 Å². The van der Waals surface area contributed by atoms with E-state index in [1.807, 2.05) is 6.07 Å². The maximum atomic E-state index is 12.7. The summed E-state index contributed by atoms with van der Waals surface area (Å²) in [7, 11) is 0. The molecule has 0 fully saturated rings. The molecule has 0 aliphatic carbocycles. The number of esters is 1. The molecule has 0 spiro atoms. The normalized spacial score (nSPS) is 11.6. The van der Waals surface area contributed by atoms with Crippen molar-refractivity contribution >= 4 is 23.4 Å². The predicted octanol–water partition coefficient (Wildman–Crippen LogP) is 3.10. The number of benzene rings is 2. The molecule has 0 aliphatic heterocycles. The lowest BCUT2D eigenvalue weighted by molar-refractivity contribution is -0.125. The highest BCUT2D eigenvalue weighted by Crippen LogP contribution is 2.24. The number of para-hydroxylation sites is 1. The van der Waals surface area contributed by atoms with E-state index in [9.17, 15) is 9.59 Å². The molecule has 7 heteroatoms. The van der Waals surface area contributed by atoms with Gasteiger partial charge in [0.25, 0.3) is 5.91 Å². The fourth-order valence-electron chi connectivity index (χ4n) is 2.43. The first kappa shape index (κ1) is 17.2. The highest BCUT2D eigenvalue weighted by atomic mass is 16.6. The quantitative estimate of drug-likeness (QED) is 0.684. The Morgan fingerprint density at radius 1 is 1.08 bits per heavy atom. The van der Waals surface area contributed by atoms with E-state index in [1.54, 1.807) is 61.5 Å². The van der Waals surface area contributed by atoms with Crippen LogP contribution in [-0.2, 0) is 9.53 Å². The first-order valence-electron chi connectivity index (χ1n) is 7.90. The summed E-state index contributed by atoms with van der Waals surface area (Å²) >= 11 is 0. The van der Waals surface area contributed by atoms with E-state index < -0.39 is 18.0 Å². The molecule has 2 aromatic carbocycles. The largest absolute Gasteiger partial charge is 0.443 e. The number of hydrogen-bond acceptors (Lipinski definition) is 6. The lowest BCUT2D eigenvalue weighted by Crippen LogP contribution is -2.26. The van der Waals surface area contributed by atoms with Crippen LogP contribution in [0.4, 0.5) is 11.6 Å². The van der Waals surface area contributed by atoms with Crippen LogP contribution in [0, 0.1) is 6.92 Å². The number of ether oxygens (including phenoxy) is 1. The molecule has 0 saturated heterocycles. The number of carbonyl (C=O) groups is 2. The molecule has 3 N–H and O–H groups in total. The van der Waals surface area contributed by atoms with Crippen molar-refractivity contribution < 1.29 is 18.8 Å². The molecule has 26 heavy (non-hydrogen) atoms. The molecule has 1 aromatic heterocycles. The Kier molecular flexibility index (Phi) is 4.98. The average Bonchev–Trinajstić information content (AvgIpc) is 2.99. The molecule has 0 saturated carbocycles. The predicted molar refractivity (Wildman–Crippen MR) is 95.3 cm³/mol. The second kappa shape index (κ2) is 7.52. The van der Waals surface area contributed by atoms with E-state index in [4.69, 9.17) is 15.0 Å². The van der Waals surface area contributed by atoms with Crippen molar-refractivity contribution in [2.24, 2.45) is 0 Å². The summed E-state index contributed by atoms with van der Waals surface area (Å²) in [6, 6.07) is 17.6. The third kappa shape index (κ3) is 3.72. The summed E-state index contributed by atoms with van der Waals surface area (Å²) in [5, 5.41) is 6.36. The van der Waals surface area contributed by atoms with Crippen molar-refractivity contribution in [2.75, 3.05) is 11.1 Å². The Balaban J connectivity index is 1.87. The van der Waals surface area contributed by atoms with Gasteiger partial charge in [-0.25, -0.2) is 4.79 Å². The average molecular weight is 351 g/mol. The smallest absolute Gasteiger partial charge is 0.346 e. The highest BCUT2D eigenvalue weighted by molar-refractivity contribution is 5.99. The summed E-state index contributed by atoms with van der Waals surface area (Å²) in [5.74, 6) is -1.41. The van der Waals surface area contributed by atoms with Crippen molar-refractivity contribution in [3.63, 3.8) is 0 Å². The number of nitrogen functional groups attached to an aromatic ring is 1. The van der Waals surface area contributed by atoms with Crippen molar-refractivity contribution in [3.8, 4) is 0 Å². The summed E-state index contributed by atoms with van der Waals surface area (Å²) in [5.41, 5.74) is 7.05. The number of amides is 1. The number of aryl methyl sites for hydroxylation is 1. The highest BCUT2D eigenvalue weighted by Gasteiger charge is 2.29. The van der Waals surface area contributed by atoms with Gasteiger partial charge in [0, 0.05) is 11.3 Å². The zero-order valence-corrected chi connectivity index (χ0v) is 14.0. The van der Waals surface area contributed by atoms with E-state index in [0.29, 0.717) is 16.9 Å². The Hall–Kier alpha value is -3.61. The summed E-state index contributed by atoms with van der Waals surface area (Å²) in [6.45, 7) is 1.57. The van der Waals surface area contributed by atoms with Gasteiger partial charge in [-0.1, -0.05) is 53.7 Å². The minimum atomic E-state index is -1.15. The molecule has 3 aromatic rings. The topological polar surface area (TPSA) is 107 Å². The van der Waals surface area contributed by atoms with Gasteiger partial charge in [0.05, 0.1) is 5.69 Å². The summed E-state index contributed by atoms with van der Waals surface area (Å²) in [6.07, 6.45) is -1.15. The van der Waals surface area contributed by atoms with E-state index in [2.05, 4.69) is 10.5 Å². The SMILES string of the molecule is Cc1noc(N)c1C(=O)OC(C(=O)Nc1ccccc1)c1ccccc1. The molecule has 3 rings (SSSR count). The molecule has 7 nitrogen and oxygen atoms in total. The second-order valence-corrected chi connectivity index (χ2v) is 5.56. The van der Waals surface area contributed by atoms with Crippen LogP contribution in [0.15, 0.2) is 65.2 Å². The molecule has 1 amide bonds. The molecule has 0 radical (unpaired) electrons. The van der Waals surface area contributed by atoms with Crippen LogP contribution < -0.4 is 11.1 Å². The molecule has 1 heterocycles. The van der Waals surface area contributed by atoms with Crippen LogP contribution in [0.1, 0.15) is 27.7 Å². The van der Waals surface area contributed by atoms with Gasteiger partial charge in [0.15, 0.2) is 0 Å². The number of rotatable bonds is 5. The van der Waals surface area contributed by atoms with Crippen LogP contribution in [0.5, 0.6) is 0 Å². The van der Waals surface area contributed by atoms with Gasteiger partial charge >= 0.3 is 5.97 Å². The van der Waals surface area contributed by atoms with Gasteiger partial charge in [-0.05, 0) is 19.1 Å². The van der Waals surface area contributed by atoms with Gasteiger partial charge in [-0.3, -0.25) is 4.79 Å². The van der Waals surface area contributed by atoms with Crippen molar-refractivity contribution in [1.82, 2.24) is 5.16 Å². The summed E-state index contributed by atoms with van der Waals surface area (Å²) in [4.78, 5) is 25.2. The Morgan fingerprint density at radius 2 is 1.69 bits per heavy atom. The first-order valence-corrected chi connectivity index (χ1v) is 7.90. The lowest BCUT2D eigenvalue weighted by Gasteiger charge is -2.18. The third-order valence-electron chi connectivity index (χ3n) is 3.70. The van der Waals surface area contributed by atoms with Gasteiger partial charge < -0.3 is 20.3 Å². The molecule has 1 unspecified atom stereocenters. The Labute approximate surface area is 149 Å². The Morgan fingerprint density at radius 3 is 2.27 bits per heavy atom. The van der Waals surface area contributed by atoms with E-state index in [-0.39, 0.29) is 11.4 Å². The van der Waals surface area contributed by atoms with Gasteiger partial charge in [-0.15, -0.1) is 0 Å². The third-order valence-corrected chi connectivity index (χ3v) is 3.70.